The Morgan fingerprint density at radius 2 is 2.04 bits per heavy atom. The van der Waals surface area contributed by atoms with Crippen molar-refractivity contribution in [2.75, 3.05) is 6.54 Å². The van der Waals surface area contributed by atoms with Crippen molar-refractivity contribution in [3.8, 4) is 0 Å². The number of amides is 1. The zero-order chi connectivity index (χ0) is 19.5. The van der Waals surface area contributed by atoms with Crippen molar-refractivity contribution < 1.29 is 4.79 Å². The molecule has 28 heavy (non-hydrogen) atoms. The van der Waals surface area contributed by atoms with Gasteiger partial charge in [0.1, 0.15) is 0 Å². The average Bonchev–Trinajstić information content (AvgIpc) is 3.23. The van der Waals surface area contributed by atoms with Crippen LogP contribution in [-0.2, 0) is 11.2 Å². The average molecular weight is 380 g/mol. The third kappa shape index (κ3) is 2.45. The van der Waals surface area contributed by atoms with Gasteiger partial charge in [0, 0.05) is 24.7 Å². The van der Waals surface area contributed by atoms with E-state index in [1.165, 1.54) is 31.3 Å². The van der Waals surface area contributed by atoms with Crippen LogP contribution in [0.5, 0.6) is 0 Å². The van der Waals surface area contributed by atoms with Crippen molar-refractivity contribution in [3.05, 3.63) is 29.9 Å². The number of aryl methyl sites for hydroxylation is 1. The highest BCUT2D eigenvalue weighted by Crippen LogP contribution is 2.63. The van der Waals surface area contributed by atoms with Crippen molar-refractivity contribution >= 4 is 11.5 Å². The lowest BCUT2D eigenvalue weighted by molar-refractivity contribution is -0.135. The van der Waals surface area contributed by atoms with Gasteiger partial charge in [-0.25, -0.2) is 4.98 Å². The second-order valence-electron chi connectivity index (χ2n) is 9.98. The minimum Gasteiger partial charge on any atom is -0.337 e. The summed E-state index contributed by atoms with van der Waals surface area (Å²) in [6.07, 6.45) is 15.0. The molecule has 1 saturated carbocycles. The summed E-state index contributed by atoms with van der Waals surface area (Å²) in [6, 6.07) is 0. The Hall–Kier alpha value is -1.71. The molecule has 0 radical (unpaired) electrons. The van der Waals surface area contributed by atoms with Gasteiger partial charge in [0.2, 0.25) is 5.91 Å². The molecule has 2 aliphatic carbocycles. The van der Waals surface area contributed by atoms with E-state index in [9.17, 15) is 4.79 Å². The number of carbonyl (C=O) groups excluding carboxylic acids is 1. The molecule has 1 aromatic heterocycles. The first kappa shape index (κ1) is 18.3. The fourth-order valence-electron chi connectivity index (χ4n) is 7.34. The van der Waals surface area contributed by atoms with Gasteiger partial charge in [0.25, 0.3) is 0 Å². The van der Waals surface area contributed by atoms with Gasteiger partial charge in [0.05, 0.1) is 17.6 Å². The normalized spacial score (nSPS) is 39.8. The molecule has 5 atom stereocenters. The lowest BCUT2D eigenvalue weighted by Gasteiger charge is -2.53. The molecule has 5 rings (SSSR count). The van der Waals surface area contributed by atoms with E-state index >= 15 is 0 Å². The summed E-state index contributed by atoms with van der Waals surface area (Å²) in [4.78, 5) is 24.5. The summed E-state index contributed by atoms with van der Waals surface area (Å²) in [6.45, 7) is 7.98. The molecule has 3 heterocycles. The Morgan fingerprint density at radius 3 is 2.86 bits per heavy atom. The van der Waals surface area contributed by atoms with E-state index in [2.05, 4.69) is 36.7 Å². The minimum atomic E-state index is 0.0876. The molecule has 4 heteroatoms. The van der Waals surface area contributed by atoms with Gasteiger partial charge in [-0.05, 0) is 80.6 Å². The Morgan fingerprint density at radius 1 is 1.18 bits per heavy atom. The van der Waals surface area contributed by atoms with Crippen LogP contribution < -0.4 is 0 Å². The Labute approximate surface area is 168 Å². The first-order valence-corrected chi connectivity index (χ1v) is 11.3. The molecule has 2 unspecified atom stereocenters. The highest BCUT2D eigenvalue weighted by atomic mass is 16.2. The first-order chi connectivity index (χ1) is 13.5. The molecule has 2 aliphatic heterocycles. The quantitative estimate of drug-likeness (QED) is 0.751. The molecule has 0 spiro atoms. The third-order valence-electron chi connectivity index (χ3n) is 8.81. The van der Waals surface area contributed by atoms with E-state index < -0.39 is 0 Å². The van der Waals surface area contributed by atoms with Gasteiger partial charge < -0.3 is 4.90 Å². The van der Waals surface area contributed by atoms with Crippen molar-refractivity contribution in [2.45, 2.75) is 77.7 Å². The molecule has 4 aliphatic rings. The van der Waals surface area contributed by atoms with Gasteiger partial charge in [0.15, 0.2) is 0 Å². The SMILES string of the molecule is CCc1cncc(C2=CCC3[C@@H]4CCC(=O)N5CCC[C@]5(C)C4CC[C@]23C)n1. The van der Waals surface area contributed by atoms with Crippen LogP contribution in [0.2, 0.25) is 0 Å². The Balaban J connectivity index is 1.49. The number of nitrogens with zero attached hydrogens (tertiary/aromatic N) is 3. The summed E-state index contributed by atoms with van der Waals surface area (Å²) >= 11 is 0. The van der Waals surface area contributed by atoms with Gasteiger partial charge >= 0.3 is 0 Å². The number of carbonyl (C=O) groups is 1. The highest BCUT2D eigenvalue weighted by molar-refractivity contribution is 5.78. The topological polar surface area (TPSA) is 46.1 Å². The number of aromatic nitrogens is 2. The molecule has 3 fully saturated rings. The van der Waals surface area contributed by atoms with Crippen molar-refractivity contribution in [1.29, 1.82) is 0 Å². The molecule has 4 nitrogen and oxygen atoms in total. The van der Waals surface area contributed by atoms with Crippen molar-refractivity contribution in [1.82, 2.24) is 14.9 Å². The fourth-order valence-corrected chi connectivity index (χ4v) is 7.34. The highest BCUT2D eigenvalue weighted by Gasteiger charge is 2.58. The van der Waals surface area contributed by atoms with Crippen LogP contribution in [0.4, 0.5) is 0 Å². The van der Waals surface area contributed by atoms with E-state index in [0.29, 0.717) is 23.7 Å². The number of rotatable bonds is 2. The number of hydrogen-bond acceptors (Lipinski definition) is 3. The smallest absolute Gasteiger partial charge is 0.223 e. The molecule has 0 bridgehead atoms. The van der Waals surface area contributed by atoms with Gasteiger partial charge in [-0.15, -0.1) is 0 Å². The van der Waals surface area contributed by atoms with E-state index in [1.54, 1.807) is 0 Å². The Kier molecular flexibility index (Phi) is 4.19. The molecule has 1 amide bonds. The maximum Gasteiger partial charge on any atom is 0.223 e. The number of hydrogen-bond donors (Lipinski definition) is 0. The summed E-state index contributed by atoms with van der Waals surface area (Å²) in [7, 11) is 0. The second kappa shape index (κ2) is 6.40. The van der Waals surface area contributed by atoms with Crippen LogP contribution in [0, 0.1) is 23.2 Å². The zero-order valence-electron chi connectivity index (χ0n) is 17.6. The fraction of sp³-hybridized carbons (Fsp3) is 0.708. The Bertz CT molecular complexity index is 833. The van der Waals surface area contributed by atoms with Crippen LogP contribution in [0.1, 0.15) is 77.1 Å². The van der Waals surface area contributed by atoms with Gasteiger partial charge in [-0.1, -0.05) is 19.9 Å². The van der Waals surface area contributed by atoms with Gasteiger partial charge in [-0.2, -0.15) is 0 Å². The summed E-state index contributed by atoms with van der Waals surface area (Å²) < 4.78 is 0. The predicted molar refractivity (Wildman–Crippen MR) is 110 cm³/mol. The van der Waals surface area contributed by atoms with Crippen molar-refractivity contribution in [3.63, 3.8) is 0 Å². The van der Waals surface area contributed by atoms with Crippen LogP contribution >= 0.6 is 0 Å². The third-order valence-corrected chi connectivity index (χ3v) is 8.81. The maximum atomic E-state index is 12.9. The lowest BCUT2D eigenvalue weighted by Crippen LogP contribution is -2.53. The molecular weight excluding hydrogens is 346 g/mol. The molecular formula is C24H33N3O. The van der Waals surface area contributed by atoms with Crippen molar-refractivity contribution in [2.24, 2.45) is 23.2 Å². The standard InChI is InChI=1S/C24H33N3O/c1-4-16-14-25-15-21(26-16)20-8-7-18-17-6-9-22(28)27-13-5-11-24(27,3)19(17)10-12-23(18,20)2/h8,14-15,17-19H,4-7,9-13H2,1-3H3/t17-,18?,19?,23-,24+/m0/s1. The predicted octanol–water partition coefficient (Wildman–Crippen LogP) is 4.65. The molecule has 150 valence electrons. The largest absolute Gasteiger partial charge is 0.337 e. The first-order valence-electron chi connectivity index (χ1n) is 11.3. The molecule has 2 saturated heterocycles. The zero-order valence-corrected chi connectivity index (χ0v) is 17.6. The van der Waals surface area contributed by atoms with Crippen LogP contribution in [-0.4, -0.2) is 32.9 Å². The second-order valence-corrected chi connectivity index (χ2v) is 9.98. The molecule has 1 aromatic rings. The maximum absolute atomic E-state index is 12.9. The van der Waals surface area contributed by atoms with Crippen LogP contribution in [0.25, 0.3) is 5.57 Å². The summed E-state index contributed by atoms with van der Waals surface area (Å²) in [5, 5.41) is 0. The molecule has 0 N–H and O–H groups in total. The minimum absolute atomic E-state index is 0.0876. The monoisotopic (exact) mass is 379 g/mol. The van der Waals surface area contributed by atoms with Gasteiger partial charge in [-0.3, -0.25) is 9.78 Å². The summed E-state index contributed by atoms with van der Waals surface area (Å²) in [5.41, 5.74) is 3.84. The molecule has 0 aromatic carbocycles. The van der Waals surface area contributed by atoms with Crippen LogP contribution in [0.3, 0.4) is 0 Å². The van der Waals surface area contributed by atoms with E-state index in [-0.39, 0.29) is 11.0 Å². The van der Waals surface area contributed by atoms with E-state index in [4.69, 9.17) is 4.98 Å². The van der Waals surface area contributed by atoms with E-state index in [1.807, 2.05) is 12.4 Å². The lowest BCUT2D eigenvalue weighted by atomic mass is 9.54. The van der Waals surface area contributed by atoms with Crippen LogP contribution in [0.15, 0.2) is 18.5 Å². The van der Waals surface area contributed by atoms with E-state index in [0.717, 1.165) is 43.6 Å². The number of fused-ring (bicyclic) bond motifs is 5. The number of allylic oxidation sites excluding steroid dienone is 2. The summed E-state index contributed by atoms with van der Waals surface area (Å²) in [5.74, 6) is 2.34.